The number of benzene rings is 5. The molecular formula is C54H37N5O2. The van der Waals surface area contributed by atoms with Gasteiger partial charge in [0.25, 0.3) is 0 Å². The Morgan fingerprint density at radius 1 is 0.443 bits per heavy atom. The van der Waals surface area contributed by atoms with Crippen LogP contribution in [-0.4, -0.2) is 30.9 Å². The van der Waals surface area contributed by atoms with Crippen molar-refractivity contribution in [3.05, 3.63) is 205 Å². The van der Waals surface area contributed by atoms with E-state index in [4.69, 9.17) is 14.7 Å². The third-order valence-corrected chi connectivity index (χ3v) is 11.3. The minimum absolute atomic E-state index is 0.133. The van der Waals surface area contributed by atoms with Crippen LogP contribution in [0.2, 0.25) is 0 Å². The molecule has 3 N–H and O–H groups in total. The van der Waals surface area contributed by atoms with Crippen molar-refractivity contribution in [2.75, 3.05) is 0 Å². The van der Waals surface area contributed by atoms with Gasteiger partial charge in [0.05, 0.1) is 22.8 Å². The van der Waals surface area contributed by atoms with Crippen LogP contribution in [-0.2, 0) is 11.3 Å². The van der Waals surface area contributed by atoms with E-state index in [1.165, 1.54) is 0 Å². The lowest BCUT2D eigenvalue weighted by Gasteiger charge is -2.09. The first-order chi connectivity index (χ1) is 30.2. The van der Waals surface area contributed by atoms with Gasteiger partial charge in [-0.2, -0.15) is 0 Å². The Balaban J connectivity index is 1.30. The molecule has 0 atom stereocenters. The van der Waals surface area contributed by atoms with E-state index < -0.39 is 5.97 Å². The second-order valence-electron chi connectivity index (χ2n) is 15.1. The zero-order valence-corrected chi connectivity index (χ0v) is 32.9. The number of carbonyl (C=O) groups is 1. The monoisotopic (exact) mass is 787 g/mol. The number of nitrogens with zero attached hydrogens (tertiary/aromatic N) is 2. The zero-order valence-electron chi connectivity index (χ0n) is 32.9. The number of nitrogens with one attached hydrogen (secondary N) is 3. The molecule has 61 heavy (non-hydrogen) atoms. The Morgan fingerprint density at radius 2 is 0.852 bits per heavy atom. The third kappa shape index (κ3) is 6.45. The number of fused-ring (bicyclic) bond motifs is 11. The quantitative estimate of drug-likeness (QED) is 0.140. The summed E-state index contributed by atoms with van der Waals surface area (Å²) >= 11 is 0. The molecule has 8 bridgehead atoms. The summed E-state index contributed by atoms with van der Waals surface area (Å²) in [7, 11) is 0. The molecule has 6 heterocycles. The smallest absolute Gasteiger partial charge is 0.355 e. The maximum absolute atomic E-state index is 14.3. The van der Waals surface area contributed by atoms with Gasteiger partial charge in [-0.25, -0.2) is 14.8 Å². The predicted octanol–water partition coefficient (Wildman–Crippen LogP) is 13.2. The topological polar surface area (TPSA) is 99.5 Å². The molecule has 0 aliphatic carbocycles. The summed E-state index contributed by atoms with van der Waals surface area (Å²) in [6.45, 7) is 0.133. The number of esters is 1. The highest BCUT2D eigenvalue weighted by Crippen LogP contribution is 2.48. The standard InChI is InChI=1S/C54H37N5O2/c60-54(61-33-34-16-6-1-7-17-34)53-50-39(32-55-53)51-48(37-22-12-4-13-23-37)44-30-28-42(57-44)46(35-18-8-2-9-19-35)40-26-27-41(56-40)47(36-20-10-3-11-21-36)43-29-31-45(58-43)49(52(50)59-51)38-24-14-5-15-25-38/h1-32,55,57-58H,33H2. The molecule has 0 unspecified atom stereocenters. The summed E-state index contributed by atoms with van der Waals surface area (Å²) in [5, 5.41) is 0. The summed E-state index contributed by atoms with van der Waals surface area (Å²) in [6, 6.07) is 59.4. The van der Waals surface area contributed by atoms with Gasteiger partial charge in [0.15, 0.2) is 0 Å². The lowest BCUT2D eigenvalue weighted by atomic mass is 9.96. The number of hydrogen-bond donors (Lipinski definition) is 3. The van der Waals surface area contributed by atoms with E-state index in [2.05, 4.69) is 124 Å². The molecule has 0 fully saturated rings. The van der Waals surface area contributed by atoms with Crippen LogP contribution in [0.15, 0.2) is 182 Å². The Hall–Kier alpha value is -8.29. The molecule has 7 nitrogen and oxygen atoms in total. The zero-order chi connectivity index (χ0) is 40.7. The molecule has 0 saturated heterocycles. The Labute approximate surface area is 351 Å². The minimum Gasteiger partial charge on any atom is -0.456 e. The fourth-order valence-electron chi connectivity index (χ4n) is 8.57. The van der Waals surface area contributed by atoms with Gasteiger partial charge in [0.2, 0.25) is 0 Å². The van der Waals surface area contributed by atoms with Gasteiger partial charge < -0.3 is 19.7 Å². The third-order valence-electron chi connectivity index (χ3n) is 11.3. The maximum atomic E-state index is 14.3. The Kier molecular flexibility index (Phi) is 8.90. The van der Waals surface area contributed by atoms with Crippen molar-refractivity contribution < 1.29 is 9.53 Å². The van der Waals surface area contributed by atoms with Crippen molar-refractivity contribution in [1.82, 2.24) is 24.9 Å². The first-order valence-electron chi connectivity index (χ1n) is 20.3. The van der Waals surface area contributed by atoms with Crippen LogP contribution in [0.1, 0.15) is 27.4 Å². The van der Waals surface area contributed by atoms with Gasteiger partial charge >= 0.3 is 5.97 Å². The van der Waals surface area contributed by atoms with Crippen LogP contribution in [0.3, 0.4) is 0 Å². The van der Waals surface area contributed by atoms with Gasteiger partial charge in [0.1, 0.15) is 12.3 Å². The van der Waals surface area contributed by atoms with Gasteiger partial charge in [-0.05, 0) is 64.2 Å². The van der Waals surface area contributed by atoms with Crippen LogP contribution in [0, 0.1) is 0 Å². The van der Waals surface area contributed by atoms with E-state index in [1.54, 1.807) is 0 Å². The number of carbonyl (C=O) groups excluding carboxylic acids is 1. The van der Waals surface area contributed by atoms with Crippen molar-refractivity contribution in [2.45, 2.75) is 6.61 Å². The lowest BCUT2D eigenvalue weighted by molar-refractivity contribution is 0.0467. The molecule has 2 aliphatic rings. The van der Waals surface area contributed by atoms with E-state index in [0.29, 0.717) is 17.0 Å². The molecule has 4 aromatic heterocycles. The van der Waals surface area contributed by atoms with Crippen LogP contribution < -0.4 is 0 Å². The Bertz CT molecular complexity index is 3290. The fraction of sp³-hybridized carbons (Fsp3) is 0.0185. The summed E-state index contributed by atoms with van der Waals surface area (Å²) in [5.41, 5.74) is 16.9. The molecule has 7 heteroatoms. The number of hydrogen-bond acceptors (Lipinski definition) is 4. The van der Waals surface area contributed by atoms with E-state index in [1.807, 2.05) is 85.1 Å². The maximum Gasteiger partial charge on any atom is 0.355 e. The lowest BCUT2D eigenvalue weighted by Crippen LogP contribution is -2.07. The molecule has 290 valence electrons. The van der Waals surface area contributed by atoms with Gasteiger partial charge in [0, 0.05) is 61.6 Å². The van der Waals surface area contributed by atoms with Gasteiger partial charge in [-0.15, -0.1) is 0 Å². The van der Waals surface area contributed by atoms with Crippen LogP contribution in [0.5, 0.6) is 0 Å². The highest BCUT2D eigenvalue weighted by atomic mass is 16.5. The summed E-state index contributed by atoms with van der Waals surface area (Å²) in [6.07, 6.45) is 6.11. The highest BCUT2D eigenvalue weighted by molar-refractivity contribution is 6.10. The van der Waals surface area contributed by atoms with Crippen LogP contribution >= 0.6 is 0 Å². The van der Waals surface area contributed by atoms with E-state index >= 15 is 0 Å². The molecule has 2 aliphatic heterocycles. The molecule has 9 aromatic rings. The van der Waals surface area contributed by atoms with Gasteiger partial charge in [-0.1, -0.05) is 152 Å². The Morgan fingerprint density at radius 3 is 1.33 bits per heavy atom. The van der Waals surface area contributed by atoms with Crippen molar-refractivity contribution in [1.29, 1.82) is 0 Å². The average molecular weight is 788 g/mol. The van der Waals surface area contributed by atoms with Crippen LogP contribution in [0.25, 0.3) is 101 Å². The first-order valence-corrected chi connectivity index (χ1v) is 20.3. The summed E-state index contributed by atoms with van der Waals surface area (Å²) < 4.78 is 6.02. The predicted molar refractivity (Wildman–Crippen MR) is 246 cm³/mol. The molecule has 0 spiro atoms. The first kappa shape index (κ1) is 35.8. The molecule has 5 aromatic carbocycles. The summed E-state index contributed by atoms with van der Waals surface area (Å²) in [4.78, 5) is 36.3. The van der Waals surface area contributed by atoms with E-state index in [-0.39, 0.29) is 6.61 Å². The number of ether oxygens (including phenoxy) is 1. The van der Waals surface area contributed by atoms with Crippen molar-refractivity contribution >= 4 is 40.2 Å². The molecular weight excluding hydrogens is 751 g/mol. The largest absolute Gasteiger partial charge is 0.456 e. The van der Waals surface area contributed by atoms with E-state index in [0.717, 1.165) is 94.8 Å². The second-order valence-corrected chi connectivity index (χ2v) is 15.1. The van der Waals surface area contributed by atoms with Crippen molar-refractivity contribution in [3.8, 4) is 67.0 Å². The highest BCUT2D eigenvalue weighted by Gasteiger charge is 2.32. The van der Waals surface area contributed by atoms with Crippen LogP contribution in [0.4, 0.5) is 0 Å². The molecule has 0 saturated carbocycles. The number of rotatable bonds is 7. The number of aromatic amines is 3. The van der Waals surface area contributed by atoms with Crippen molar-refractivity contribution in [3.63, 3.8) is 0 Å². The minimum atomic E-state index is -0.465. The van der Waals surface area contributed by atoms with Gasteiger partial charge in [-0.3, -0.25) is 0 Å². The van der Waals surface area contributed by atoms with Crippen molar-refractivity contribution in [2.24, 2.45) is 0 Å². The van der Waals surface area contributed by atoms with E-state index in [9.17, 15) is 4.79 Å². The molecule has 11 rings (SSSR count). The second kappa shape index (κ2) is 15.1. The fourth-order valence-corrected chi connectivity index (χ4v) is 8.57. The summed E-state index contributed by atoms with van der Waals surface area (Å²) in [5.74, 6) is -0.465. The number of aromatic nitrogens is 5. The average Bonchev–Trinajstić information content (AvgIpc) is 4.18. The molecule has 0 amide bonds. The number of H-pyrrole nitrogens is 3. The molecule has 0 radical (unpaired) electrons. The normalized spacial score (nSPS) is 11.7. The SMILES string of the molecule is O=C(OCc1ccccc1)c1[nH]cc2c1-c1nc-2c(-c2ccccc2)c2ccc([nH]2)c(-c2ccccc2)c2nc(c(-c3ccccc3)c3ccc([nH]3)c1-c1ccccc1)C=C2.